The smallest absolute Gasteiger partial charge is 0.415 e. The summed E-state index contributed by atoms with van der Waals surface area (Å²) in [5.41, 5.74) is 0.882. The molecule has 0 aliphatic carbocycles. The largest absolute Gasteiger partial charge is 0.480 e. The molecule has 0 radical (unpaired) electrons. The van der Waals surface area contributed by atoms with Crippen molar-refractivity contribution < 1.29 is 29.0 Å². The second kappa shape index (κ2) is 9.21. The Hall–Kier alpha value is -3.68. The Kier molecular flexibility index (Phi) is 6.62. The van der Waals surface area contributed by atoms with Crippen LogP contribution in [0.15, 0.2) is 54.6 Å². The number of hydrogen-bond acceptors (Lipinski definition) is 5. The van der Waals surface area contributed by atoms with Crippen molar-refractivity contribution in [2.45, 2.75) is 38.8 Å². The lowest BCUT2D eigenvalue weighted by molar-refractivity contribution is -0.144. The number of ketones is 1. The van der Waals surface area contributed by atoms with E-state index in [4.69, 9.17) is 4.74 Å². The van der Waals surface area contributed by atoms with Gasteiger partial charge in [0.2, 0.25) is 5.91 Å². The molecule has 2 aromatic rings. The van der Waals surface area contributed by atoms with Crippen LogP contribution in [-0.2, 0) is 20.7 Å². The molecule has 0 unspecified atom stereocenters. The number of benzene rings is 2. The molecule has 0 bridgehead atoms. The molecule has 1 heterocycles. The molecular formula is C24H26N2O6. The van der Waals surface area contributed by atoms with Crippen molar-refractivity contribution in [1.82, 2.24) is 4.90 Å². The van der Waals surface area contributed by atoms with E-state index in [-0.39, 0.29) is 12.2 Å². The number of amides is 2. The van der Waals surface area contributed by atoms with Crippen molar-refractivity contribution in [3.63, 3.8) is 0 Å². The number of hydrogen-bond donors (Lipinski definition) is 1. The van der Waals surface area contributed by atoms with Crippen molar-refractivity contribution in [3.05, 3.63) is 65.7 Å². The molecule has 1 aliphatic heterocycles. The highest BCUT2D eigenvalue weighted by Gasteiger charge is 2.42. The Morgan fingerprint density at radius 3 is 2.25 bits per heavy atom. The molecule has 0 spiro atoms. The summed E-state index contributed by atoms with van der Waals surface area (Å²) in [7, 11) is 0. The number of carboxylic acid groups (broad SMARTS) is 1. The maximum absolute atomic E-state index is 13.5. The molecule has 32 heavy (non-hydrogen) atoms. The van der Waals surface area contributed by atoms with Crippen LogP contribution in [0.25, 0.3) is 0 Å². The number of carbonyl (C=O) groups is 4. The molecule has 0 saturated heterocycles. The van der Waals surface area contributed by atoms with Gasteiger partial charge in [-0.15, -0.1) is 0 Å². The molecule has 8 heteroatoms. The molecule has 0 aromatic heterocycles. The van der Waals surface area contributed by atoms with E-state index in [0.29, 0.717) is 11.3 Å². The number of fused-ring (bicyclic) bond motifs is 1. The summed E-state index contributed by atoms with van der Waals surface area (Å²) < 4.78 is 5.50. The lowest BCUT2D eigenvalue weighted by atomic mass is 10.1. The fourth-order valence-corrected chi connectivity index (χ4v) is 3.59. The standard InChI is InChI=1S/C24H26N2O6/c1-24(2,3)32-23(31)26-18-12-8-7-11-17(18)13-19(26)22(30)25(15-21(28)29)14-20(27)16-9-5-4-6-10-16/h4-12,19H,13-15H2,1-3H3,(H,28,29)/t19-/m1/s1. The normalized spacial score (nSPS) is 15.1. The maximum atomic E-state index is 13.5. The van der Waals surface area contributed by atoms with Crippen LogP contribution in [0.5, 0.6) is 0 Å². The molecule has 1 atom stereocenters. The fraction of sp³-hybridized carbons (Fsp3) is 0.333. The first-order valence-corrected chi connectivity index (χ1v) is 10.3. The van der Waals surface area contributed by atoms with Crippen molar-refractivity contribution in [2.75, 3.05) is 18.0 Å². The second-order valence-corrected chi connectivity index (χ2v) is 8.58. The highest BCUT2D eigenvalue weighted by molar-refractivity contribution is 6.04. The van der Waals surface area contributed by atoms with E-state index >= 15 is 0 Å². The van der Waals surface area contributed by atoms with Gasteiger partial charge in [-0.25, -0.2) is 4.79 Å². The summed E-state index contributed by atoms with van der Waals surface area (Å²) in [4.78, 5) is 52.8. The minimum atomic E-state index is -1.25. The Balaban J connectivity index is 1.90. The molecule has 0 fully saturated rings. The first kappa shape index (κ1) is 23.0. The van der Waals surface area contributed by atoms with Gasteiger partial charge in [0.1, 0.15) is 18.2 Å². The number of ether oxygens (including phenoxy) is 1. The molecule has 168 valence electrons. The van der Waals surface area contributed by atoms with Crippen LogP contribution in [0.4, 0.5) is 10.5 Å². The number of Topliss-reactive ketones (excluding diaryl/α,β-unsaturated/α-hetero) is 1. The Morgan fingerprint density at radius 1 is 1.00 bits per heavy atom. The summed E-state index contributed by atoms with van der Waals surface area (Å²) in [5, 5.41) is 9.35. The van der Waals surface area contributed by atoms with E-state index in [9.17, 15) is 24.3 Å². The summed E-state index contributed by atoms with van der Waals surface area (Å²) in [6.07, 6.45) is -0.505. The summed E-state index contributed by atoms with van der Waals surface area (Å²) in [6.45, 7) is 4.09. The van der Waals surface area contributed by atoms with E-state index in [1.165, 1.54) is 4.90 Å². The molecule has 3 rings (SSSR count). The maximum Gasteiger partial charge on any atom is 0.415 e. The molecular weight excluding hydrogens is 412 g/mol. The van der Waals surface area contributed by atoms with E-state index in [1.54, 1.807) is 75.4 Å². The average Bonchev–Trinajstić information content (AvgIpc) is 3.11. The van der Waals surface area contributed by atoms with Crippen LogP contribution in [0.2, 0.25) is 0 Å². The van der Waals surface area contributed by atoms with Crippen LogP contribution in [0.3, 0.4) is 0 Å². The predicted molar refractivity (Wildman–Crippen MR) is 118 cm³/mol. The van der Waals surface area contributed by atoms with Crippen LogP contribution >= 0.6 is 0 Å². The van der Waals surface area contributed by atoms with Gasteiger partial charge < -0.3 is 14.7 Å². The second-order valence-electron chi connectivity index (χ2n) is 8.58. The third kappa shape index (κ3) is 5.32. The number of anilines is 1. The monoisotopic (exact) mass is 438 g/mol. The highest BCUT2D eigenvalue weighted by Crippen LogP contribution is 2.34. The van der Waals surface area contributed by atoms with Crippen LogP contribution < -0.4 is 4.90 Å². The van der Waals surface area contributed by atoms with Gasteiger partial charge in [-0.2, -0.15) is 0 Å². The molecule has 0 saturated carbocycles. The van der Waals surface area contributed by atoms with Gasteiger partial charge in [-0.1, -0.05) is 48.5 Å². The molecule has 1 aliphatic rings. The van der Waals surface area contributed by atoms with E-state index in [0.717, 1.165) is 10.5 Å². The zero-order chi connectivity index (χ0) is 23.5. The third-order valence-corrected chi connectivity index (χ3v) is 4.92. The number of rotatable bonds is 6. The van der Waals surface area contributed by atoms with Crippen LogP contribution in [0.1, 0.15) is 36.7 Å². The number of carbonyl (C=O) groups excluding carboxylic acids is 3. The highest BCUT2D eigenvalue weighted by atomic mass is 16.6. The van der Waals surface area contributed by atoms with Crippen LogP contribution in [0, 0.1) is 0 Å². The molecule has 2 aromatic carbocycles. The van der Waals surface area contributed by atoms with Gasteiger partial charge >= 0.3 is 12.1 Å². The SMILES string of the molecule is CC(C)(C)OC(=O)N1c2ccccc2C[C@@H]1C(=O)N(CC(=O)O)CC(=O)c1ccccc1. The number of carboxylic acids is 1. The number of para-hydroxylation sites is 1. The fourth-order valence-electron chi connectivity index (χ4n) is 3.59. The van der Waals surface area contributed by atoms with Gasteiger partial charge in [0.05, 0.1) is 12.2 Å². The van der Waals surface area contributed by atoms with E-state index in [1.807, 2.05) is 0 Å². The van der Waals surface area contributed by atoms with Gasteiger partial charge in [0.25, 0.3) is 0 Å². The Morgan fingerprint density at radius 2 is 1.62 bits per heavy atom. The first-order chi connectivity index (χ1) is 15.1. The minimum absolute atomic E-state index is 0.198. The third-order valence-electron chi connectivity index (χ3n) is 4.92. The Bertz CT molecular complexity index is 1030. The van der Waals surface area contributed by atoms with Crippen molar-refractivity contribution in [3.8, 4) is 0 Å². The van der Waals surface area contributed by atoms with Gasteiger partial charge in [-0.05, 0) is 32.4 Å². The Labute approximate surface area is 186 Å². The average molecular weight is 438 g/mol. The quantitative estimate of drug-likeness (QED) is 0.695. The predicted octanol–water partition coefficient (Wildman–Crippen LogP) is 3.15. The molecule has 2 amide bonds. The summed E-state index contributed by atoms with van der Waals surface area (Å²) >= 11 is 0. The lowest BCUT2D eigenvalue weighted by Crippen LogP contribution is -2.53. The first-order valence-electron chi connectivity index (χ1n) is 10.3. The molecule has 1 N–H and O–H groups in total. The van der Waals surface area contributed by atoms with Gasteiger partial charge in [0.15, 0.2) is 5.78 Å². The molecule has 8 nitrogen and oxygen atoms in total. The van der Waals surface area contributed by atoms with Crippen molar-refractivity contribution in [1.29, 1.82) is 0 Å². The number of aliphatic carboxylic acids is 1. The summed E-state index contributed by atoms with van der Waals surface area (Å²) in [5.74, 6) is -2.27. The lowest BCUT2D eigenvalue weighted by Gasteiger charge is -2.31. The van der Waals surface area contributed by atoms with E-state index < -0.39 is 42.7 Å². The zero-order valence-corrected chi connectivity index (χ0v) is 18.3. The van der Waals surface area contributed by atoms with Crippen molar-refractivity contribution in [2.24, 2.45) is 0 Å². The summed E-state index contributed by atoms with van der Waals surface area (Å²) in [6, 6.07) is 14.4. The van der Waals surface area contributed by atoms with Gasteiger partial charge in [0, 0.05) is 12.0 Å². The van der Waals surface area contributed by atoms with Crippen LogP contribution in [-0.4, -0.2) is 58.5 Å². The zero-order valence-electron chi connectivity index (χ0n) is 18.3. The van der Waals surface area contributed by atoms with Gasteiger partial charge in [-0.3, -0.25) is 19.3 Å². The minimum Gasteiger partial charge on any atom is -0.480 e. The van der Waals surface area contributed by atoms with E-state index in [2.05, 4.69) is 0 Å². The number of nitrogens with zero attached hydrogens (tertiary/aromatic N) is 2. The topological polar surface area (TPSA) is 104 Å². The van der Waals surface area contributed by atoms with Crippen molar-refractivity contribution >= 4 is 29.4 Å².